The summed E-state index contributed by atoms with van der Waals surface area (Å²) in [7, 11) is -3.18. The summed E-state index contributed by atoms with van der Waals surface area (Å²) in [6, 6.07) is 8.01. The molecule has 1 aromatic rings. The fourth-order valence-electron chi connectivity index (χ4n) is 0.934. The molecule has 0 bridgehead atoms. The molecule has 0 aromatic heterocycles. The quantitative estimate of drug-likeness (QED) is 0.773. The monoisotopic (exact) mass is 277 g/mol. The van der Waals surface area contributed by atoms with Crippen LogP contribution in [0.1, 0.15) is 0 Å². The lowest BCUT2D eigenvalue weighted by molar-refractivity contribution is 0.426. The van der Waals surface area contributed by atoms with Crippen LogP contribution < -0.4 is 0 Å². The number of ether oxygens (including phenoxy) is 1. The number of rotatable bonds is 2. The molecule has 0 heterocycles. The number of hydrogen-bond donors (Lipinski definition) is 0. The van der Waals surface area contributed by atoms with E-state index >= 15 is 0 Å². The smallest absolute Gasteiger partial charge is 0.288 e. The molecule has 0 N–H and O–H groups in total. The van der Waals surface area contributed by atoms with Crippen molar-refractivity contribution < 1.29 is 13.2 Å². The van der Waals surface area contributed by atoms with Crippen molar-refractivity contribution >= 4 is 37.3 Å². The van der Waals surface area contributed by atoms with Crippen molar-refractivity contribution in [2.75, 3.05) is 13.4 Å². The van der Waals surface area contributed by atoms with Crippen LogP contribution in [0.15, 0.2) is 39.0 Å². The van der Waals surface area contributed by atoms with Gasteiger partial charge >= 0.3 is 0 Å². The highest BCUT2D eigenvalue weighted by Gasteiger charge is 2.13. The minimum absolute atomic E-state index is 0.160. The standard InChI is InChI=1S/C9H11NO3S3/c1-13-9(14)15(2)10-16(11,12)8-6-4-3-5-7-8/h3-7H,1-2H3. The van der Waals surface area contributed by atoms with Gasteiger partial charge in [-0.05, 0) is 35.0 Å². The Hall–Kier alpha value is -0.790. The first-order valence-electron chi connectivity index (χ1n) is 4.24. The van der Waals surface area contributed by atoms with Gasteiger partial charge in [0.1, 0.15) is 0 Å². The number of thiocarbonyl (C=S) groups is 1. The predicted octanol–water partition coefficient (Wildman–Crippen LogP) is 1.74. The van der Waals surface area contributed by atoms with Crippen LogP contribution in [0.5, 0.6) is 0 Å². The van der Waals surface area contributed by atoms with Crippen molar-refractivity contribution in [1.29, 1.82) is 0 Å². The third-order valence-electron chi connectivity index (χ3n) is 1.66. The maximum absolute atomic E-state index is 11.8. The third-order valence-corrected chi connectivity index (χ3v) is 5.75. The second-order valence-corrected chi connectivity index (χ2v) is 6.77. The van der Waals surface area contributed by atoms with Crippen molar-refractivity contribution in [3.63, 3.8) is 0 Å². The van der Waals surface area contributed by atoms with E-state index in [-0.39, 0.29) is 9.28 Å². The summed E-state index contributed by atoms with van der Waals surface area (Å²) in [5, 5.41) is 0. The van der Waals surface area contributed by atoms with Crippen LogP contribution in [0, 0.1) is 0 Å². The molecular weight excluding hydrogens is 266 g/mol. The van der Waals surface area contributed by atoms with Gasteiger partial charge in [-0.25, -0.2) is 0 Å². The van der Waals surface area contributed by atoms with Crippen LogP contribution in [0.3, 0.4) is 0 Å². The van der Waals surface area contributed by atoms with Gasteiger partial charge in [0.15, 0.2) is 0 Å². The normalized spacial score (nSPS) is 13.4. The largest absolute Gasteiger partial charge is 0.481 e. The zero-order valence-corrected chi connectivity index (χ0v) is 11.2. The maximum Gasteiger partial charge on any atom is 0.288 e. The summed E-state index contributed by atoms with van der Waals surface area (Å²) < 4.78 is 32.2. The summed E-state index contributed by atoms with van der Waals surface area (Å²) in [6.07, 6.45) is 1.60. The Morgan fingerprint density at radius 3 is 2.44 bits per heavy atom. The van der Waals surface area contributed by atoms with Crippen LogP contribution in [0.25, 0.3) is 0 Å². The number of benzene rings is 1. The Kier molecular flexibility index (Phi) is 4.57. The van der Waals surface area contributed by atoms with E-state index in [0.717, 1.165) is 0 Å². The van der Waals surface area contributed by atoms with E-state index in [1.54, 1.807) is 24.5 Å². The highest BCUT2D eigenvalue weighted by atomic mass is 32.3. The minimum Gasteiger partial charge on any atom is -0.481 e. The van der Waals surface area contributed by atoms with Gasteiger partial charge in [-0.1, -0.05) is 18.2 Å². The molecule has 0 spiro atoms. The first kappa shape index (κ1) is 13.3. The lowest BCUT2D eigenvalue weighted by Gasteiger charge is -2.03. The zero-order valence-electron chi connectivity index (χ0n) is 8.78. The van der Waals surface area contributed by atoms with Crippen molar-refractivity contribution in [1.82, 2.24) is 0 Å². The van der Waals surface area contributed by atoms with Gasteiger partial charge in [-0.15, -0.1) is 3.77 Å². The van der Waals surface area contributed by atoms with Gasteiger partial charge in [-0.2, -0.15) is 8.42 Å². The zero-order chi connectivity index (χ0) is 12.2. The fourth-order valence-corrected chi connectivity index (χ4v) is 3.72. The van der Waals surface area contributed by atoms with E-state index in [2.05, 4.69) is 3.77 Å². The van der Waals surface area contributed by atoms with Gasteiger partial charge < -0.3 is 4.74 Å². The molecule has 88 valence electrons. The Balaban J connectivity index is 3.11. The number of nitrogens with zero attached hydrogens (tertiary/aromatic N) is 1. The second-order valence-electron chi connectivity index (χ2n) is 2.79. The second kappa shape index (κ2) is 5.51. The molecule has 1 rings (SSSR count). The van der Waals surface area contributed by atoms with Gasteiger partial charge in [0, 0.05) is 6.26 Å². The molecule has 0 saturated heterocycles. The molecule has 0 radical (unpaired) electrons. The molecule has 1 unspecified atom stereocenters. The average molecular weight is 277 g/mol. The Bertz CT molecular complexity index is 508. The van der Waals surface area contributed by atoms with Crippen LogP contribution in [0.2, 0.25) is 0 Å². The maximum atomic E-state index is 11.8. The van der Waals surface area contributed by atoms with E-state index in [1.165, 1.54) is 19.2 Å². The minimum atomic E-state index is -3.64. The number of methoxy groups -OCH3 is 1. The van der Waals surface area contributed by atoms with Gasteiger partial charge in [0.2, 0.25) is 4.38 Å². The molecule has 0 aliphatic carbocycles. The molecule has 0 aliphatic rings. The highest BCUT2D eigenvalue weighted by molar-refractivity contribution is 8.16. The average Bonchev–Trinajstić information content (AvgIpc) is 2.28. The molecule has 0 fully saturated rings. The van der Waals surface area contributed by atoms with Gasteiger partial charge in [-0.3, -0.25) is 0 Å². The first-order valence-corrected chi connectivity index (χ1v) is 7.68. The lowest BCUT2D eigenvalue weighted by atomic mass is 10.4. The van der Waals surface area contributed by atoms with E-state index in [1.807, 2.05) is 0 Å². The van der Waals surface area contributed by atoms with Crippen molar-refractivity contribution in [2.24, 2.45) is 3.77 Å². The molecule has 16 heavy (non-hydrogen) atoms. The molecule has 1 aromatic carbocycles. The first-order chi connectivity index (χ1) is 7.47. The molecule has 7 heteroatoms. The molecular formula is C9H11NO3S3. The SMILES string of the molecule is COC(=S)S(C)=NS(=O)(=O)c1ccccc1. The van der Waals surface area contributed by atoms with E-state index in [4.69, 9.17) is 17.0 Å². The van der Waals surface area contributed by atoms with Gasteiger partial charge in [0.05, 0.1) is 12.0 Å². The Labute approximate surface area is 103 Å². The fraction of sp³-hybridized carbons (Fsp3) is 0.222. The Morgan fingerprint density at radius 1 is 1.38 bits per heavy atom. The van der Waals surface area contributed by atoms with Crippen LogP contribution >= 0.6 is 12.2 Å². The van der Waals surface area contributed by atoms with Crippen LogP contribution in [-0.4, -0.2) is 26.2 Å². The molecule has 1 atom stereocenters. The van der Waals surface area contributed by atoms with E-state index < -0.39 is 20.7 Å². The third kappa shape index (κ3) is 3.36. The lowest BCUT2D eigenvalue weighted by Crippen LogP contribution is -2.07. The Morgan fingerprint density at radius 2 is 1.94 bits per heavy atom. The number of hydrogen-bond acceptors (Lipinski definition) is 4. The van der Waals surface area contributed by atoms with E-state index in [0.29, 0.717) is 0 Å². The van der Waals surface area contributed by atoms with Crippen LogP contribution in [-0.2, 0) is 25.5 Å². The van der Waals surface area contributed by atoms with Crippen molar-refractivity contribution in [3.05, 3.63) is 30.3 Å². The van der Waals surface area contributed by atoms with Gasteiger partial charge in [0.25, 0.3) is 10.0 Å². The molecule has 0 saturated carbocycles. The van der Waals surface area contributed by atoms with E-state index in [9.17, 15) is 8.42 Å². The number of sulfonamides is 1. The summed E-state index contributed by atoms with van der Waals surface area (Å²) in [5.41, 5.74) is 0. The summed E-state index contributed by atoms with van der Waals surface area (Å²) in [4.78, 5) is 0.160. The molecule has 0 aliphatic heterocycles. The summed E-state index contributed by atoms with van der Waals surface area (Å²) >= 11 is 4.83. The highest BCUT2D eigenvalue weighted by Crippen LogP contribution is 2.12. The summed E-state index contributed by atoms with van der Waals surface area (Å²) in [5.74, 6) is 0. The topological polar surface area (TPSA) is 55.7 Å². The van der Waals surface area contributed by atoms with Crippen LogP contribution in [0.4, 0.5) is 0 Å². The van der Waals surface area contributed by atoms with Crippen molar-refractivity contribution in [3.8, 4) is 0 Å². The molecule has 0 amide bonds. The predicted molar refractivity (Wildman–Crippen MR) is 69.0 cm³/mol. The summed E-state index contributed by atoms with van der Waals surface area (Å²) in [6.45, 7) is 0. The van der Waals surface area contributed by atoms with Crippen molar-refractivity contribution in [2.45, 2.75) is 4.90 Å². The molecule has 4 nitrogen and oxygen atoms in total.